The maximum Gasteiger partial charge on any atom is 0.329 e. The van der Waals surface area contributed by atoms with E-state index in [2.05, 4.69) is 37.1 Å². The van der Waals surface area contributed by atoms with E-state index in [-0.39, 0.29) is 18.9 Å². The topological polar surface area (TPSA) is 127 Å². The maximum atomic E-state index is 13.0. The molecule has 0 fully saturated rings. The minimum atomic E-state index is -0.937. The molecule has 198 valence electrons. The highest BCUT2D eigenvalue weighted by molar-refractivity contribution is 9.10. The molecular formula is C26H24BrFN4O6. The number of hydrogen-bond donors (Lipinski definition) is 3. The molecule has 0 aromatic heterocycles. The Morgan fingerprint density at radius 2 is 1.68 bits per heavy atom. The summed E-state index contributed by atoms with van der Waals surface area (Å²) in [5.74, 6) is -1.41. The highest BCUT2D eigenvalue weighted by atomic mass is 79.9. The van der Waals surface area contributed by atoms with E-state index in [1.54, 1.807) is 43.5 Å². The molecule has 0 atom stereocenters. The van der Waals surface area contributed by atoms with Crippen LogP contribution in [-0.4, -0.2) is 44.8 Å². The standard InChI is InChI=1S/C26H24BrFN4O6/c1-36-20-9-3-16(4-10-20)13-29-25(34)26(35)32-30-14-17-11-21(27)24(22(12-17)37-2)38-15-23(33)31-19-7-5-18(28)6-8-19/h3-12,14H,13,15H2,1-2H3,(H,29,34)(H,31,33)(H,32,35)/b30-14-. The van der Waals surface area contributed by atoms with Crippen LogP contribution in [0.3, 0.4) is 0 Å². The third kappa shape index (κ3) is 8.30. The number of nitrogens with one attached hydrogen (secondary N) is 3. The average Bonchev–Trinajstić information content (AvgIpc) is 2.92. The summed E-state index contributed by atoms with van der Waals surface area (Å²) in [6.07, 6.45) is 1.31. The number of carbonyl (C=O) groups excluding carboxylic acids is 3. The van der Waals surface area contributed by atoms with E-state index in [0.717, 1.165) is 5.56 Å². The predicted molar refractivity (Wildman–Crippen MR) is 142 cm³/mol. The fourth-order valence-corrected chi connectivity index (χ4v) is 3.62. The molecule has 0 aliphatic heterocycles. The van der Waals surface area contributed by atoms with Crippen LogP contribution in [0.5, 0.6) is 17.2 Å². The first kappa shape index (κ1) is 28.1. The second-order valence-electron chi connectivity index (χ2n) is 7.61. The van der Waals surface area contributed by atoms with Crippen molar-refractivity contribution < 1.29 is 33.0 Å². The number of amides is 3. The first-order chi connectivity index (χ1) is 18.3. The Balaban J connectivity index is 1.52. The van der Waals surface area contributed by atoms with Crippen molar-refractivity contribution in [1.29, 1.82) is 0 Å². The van der Waals surface area contributed by atoms with Crippen LogP contribution < -0.4 is 30.3 Å². The minimum Gasteiger partial charge on any atom is -0.497 e. The average molecular weight is 587 g/mol. The third-order valence-electron chi connectivity index (χ3n) is 4.93. The van der Waals surface area contributed by atoms with Gasteiger partial charge in [-0.05, 0) is 75.6 Å². The van der Waals surface area contributed by atoms with Gasteiger partial charge in [-0.25, -0.2) is 9.82 Å². The highest BCUT2D eigenvalue weighted by Crippen LogP contribution is 2.36. The van der Waals surface area contributed by atoms with Crippen LogP contribution in [0.15, 0.2) is 70.2 Å². The number of nitrogens with zero attached hydrogens (tertiary/aromatic N) is 1. The lowest BCUT2D eigenvalue weighted by atomic mass is 10.2. The first-order valence-corrected chi connectivity index (χ1v) is 11.9. The molecule has 3 aromatic rings. The largest absolute Gasteiger partial charge is 0.497 e. The Bertz CT molecular complexity index is 1320. The summed E-state index contributed by atoms with van der Waals surface area (Å²) in [5, 5.41) is 8.90. The molecule has 0 bridgehead atoms. The van der Waals surface area contributed by atoms with Crippen molar-refractivity contribution in [3.63, 3.8) is 0 Å². The molecule has 38 heavy (non-hydrogen) atoms. The summed E-state index contributed by atoms with van der Waals surface area (Å²) in [4.78, 5) is 36.2. The lowest BCUT2D eigenvalue weighted by molar-refractivity contribution is -0.139. The van der Waals surface area contributed by atoms with Crippen molar-refractivity contribution in [2.24, 2.45) is 5.10 Å². The summed E-state index contributed by atoms with van der Waals surface area (Å²) in [6, 6.07) is 15.5. The Kier molecular flexibility index (Phi) is 10.2. The molecule has 0 unspecified atom stereocenters. The van der Waals surface area contributed by atoms with Gasteiger partial charge in [-0.2, -0.15) is 5.10 Å². The van der Waals surface area contributed by atoms with Crippen molar-refractivity contribution in [2.75, 3.05) is 26.1 Å². The normalized spacial score (nSPS) is 10.5. The molecule has 3 N–H and O–H groups in total. The number of halogens is 2. The van der Waals surface area contributed by atoms with Gasteiger partial charge in [0, 0.05) is 12.2 Å². The SMILES string of the molecule is COc1ccc(CNC(=O)C(=O)N/N=C\c2cc(Br)c(OCC(=O)Nc3ccc(F)cc3)c(OC)c2)cc1. The maximum absolute atomic E-state index is 13.0. The molecule has 0 aliphatic rings. The minimum absolute atomic E-state index is 0.160. The van der Waals surface area contributed by atoms with Gasteiger partial charge >= 0.3 is 11.8 Å². The monoisotopic (exact) mass is 586 g/mol. The zero-order valence-corrected chi connectivity index (χ0v) is 22.0. The van der Waals surface area contributed by atoms with E-state index in [9.17, 15) is 18.8 Å². The molecule has 3 amide bonds. The van der Waals surface area contributed by atoms with Gasteiger partial charge in [-0.3, -0.25) is 14.4 Å². The van der Waals surface area contributed by atoms with Crippen molar-refractivity contribution in [2.45, 2.75) is 6.54 Å². The number of methoxy groups -OCH3 is 2. The zero-order chi connectivity index (χ0) is 27.5. The summed E-state index contributed by atoms with van der Waals surface area (Å²) >= 11 is 3.36. The van der Waals surface area contributed by atoms with E-state index in [0.29, 0.717) is 27.2 Å². The number of rotatable bonds is 10. The fourth-order valence-electron chi connectivity index (χ4n) is 3.04. The van der Waals surface area contributed by atoms with Crippen LogP contribution in [0.1, 0.15) is 11.1 Å². The summed E-state index contributed by atoms with van der Waals surface area (Å²) < 4.78 is 29.5. The van der Waals surface area contributed by atoms with Crippen LogP contribution in [0.4, 0.5) is 10.1 Å². The highest BCUT2D eigenvalue weighted by Gasteiger charge is 2.15. The molecule has 0 aliphatic carbocycles. The molecule has 0 saturated carbocycles. The van der Waals surface area contributed by atoms with Crippen LogP contribution in [-0.2, 0) is 20.9 Å². The molecule has 10 nitrogen and oxygen atoms in total. The number of hydrogen-bond acceptors (Lipinski definition) is 7. The fraction of sp³-hybridized carbons (Fsp3) is 0.154. The molecule has 0 radical (unpaired) electrons. The molecule has 12 heteroatoms. The summed E-state index contributed by atoms with van der Waals surface area (Å²) in [7, 11) is 2.97. The molecule has 0 saturated heterocycles. The molecule has 3 aromatic carbocycles. The van der Waals surface area contributed by atoms with Gasteiger partial charge in [0.1, 0.15) is 11.6 Å². The van der Waals surface area contributed by atoms with Gasteiger partial charge in [0.05, 0.1) is 24.9 Å². The van der Waals surface area contributed by atoms with Crippen molar-refractivity contribution >= 4 is 45.6 Å². The van der Waals surface area contributed by atoms with E-state index < -0.39 is 23.5 Å². The smallest absolute Gasteiger partial charge is 0.329 e. The number of ether oxygens (including phenoxy) is 3. The van der Waals surface area contributed by atoms with Gasteiger partial charge in [0.15, 0.2) is 18.1 Å². The Morgan fingerprint density at radius 3 is 2.34 bits per heavy atom. The Morgan fingerprint density at radius 1 is 0.974 bits per heavy atom. The third-order valence-corrected chi connectivity index (χ3v) is 5.51. The van der Waals surface area contributed by atoms with E-state index in [1.807, 2.05) is 0 Å². The lowest BCUT2D eigenvalue weighted by Crippen LogP contribution is -2.37. The van der Waals surface area contributed by atoms with Gasteiger partial charge in [-0.1, -0.05) is 12.1 Å². The van der Waals surface area contributed by atoms with Crippen LogP contribution in [0.2, 0.25) is 0 Å². The number of carbonyl (C=O) groups is 3. The van der Waals surface area contributed by atoms with E-state index >= 15 is 0 Å². The first-order valence-electron chi connectivity index (χ1n) is 11.1. The molecular weight excluding hydrogens is 563 g/mol. The quantitative estimate of drug-likeness (QED) is 0.190. The second-order valence-corrected chi connectivity index (χ2v) is 8.46. The summed E-state index contributed by atoms with van der Waals surface area (Å²) in [6.45, 7) is -0.172. The van der Waals surface area contributed by atoms with Crippen LogP contribution >= 0.6 is 15.9 Å². The van der Waals surface area contributed by atoms with Crippen LogP contribution in [0.25, 0.3) is 0 Å². The van der Waals surface area contributed by atoms with Gasteiger partial charge in [-0.15, -0.1) is 0 Å². The number of benzene rings is 3. The second kappa shape index (κ2) is 13.7. The van der Waals surface area contributed by atoms with Crippen molar-refractivity contribution in [3.8, 4) is 17.2 Å². The number of hydrazone groups is 1. The predicted octanol–water partition coefficient (Wildman–Crippen LogP) is 3.39. The summed E-state index contributed by atoms with van der Waals surface area (Å²) in [5.41, 5.74) is 3.89. The molecule has 0 spiro atoms. The van der Waals surface area contributed by atoms with Gasteiger partial charge in [0.25, 0.3) is 5.91 Å². The van der Waals surface area contributed by atoms with Crippen molar-refractivity contribution in [3.05, 3.63) is 82.1 Å². The molecule has 0 heterocycles. The van der Waals surface area contributed by atoms with Crippen molar-refractivity contribution in [1.82, 2.24) is 10.7 Å². The zero-order valence-electron chi connectivity index (χ0n) is 20.4. The number of anilines is 1. The Labute approximate surface area is 226 Å². The Hall–Kier alpha value is -4.45. The lowest BCUT2D eigenvalue weighted by Gasteiger charge is -2.13. The van der Waals surface area contributed by atoms with Crippen LogP contribution in [0, 0.1) is 5.82 Å². The molecule has 3 rings (SSSR count). The van der Waals surface area contributed by atoms with E-state index in [4.69, 9.17) is 14.2 Å². The van der Waals surface area contributed by atoms with Gasteiger partial charge in [0.2, 0.25) is 0 Å². The van der Waals surface area contributed by atoms with Gasteiger partial charge < -0.3 is 24.8 Å². The van der Waals surface area contributed by atoms with E-state index in [1.165, 1.54) is 37.6 Å².